The Morgan fingerprint density at radius 3 is 2.13 bits per heavy atom. The lowest BCUT2D eigenvalue weighted by atomic mass is 9.91. The van der Waals surface area contributed by atoms with Crippen molar-refractivity contribution in [3.05, 3.63) is 101 Å². The van der Waals surface area contributed by atoms with Gasteiger partial charge in [0.1, 0.15) is 11.6 Å². The summed E-state index contributed by atoms with van der Waals surface area (Å²) in [6.07, 6.45) is 0.361. The lowest BCUT2D eigenvalue weighted by Crippen LogP contribution is -2.49. The Labute approximate surface area is 178 Å². The second-order valence-electron chi connectivity index (χ2n) is 7.25. The number of rotatable bonds is 4. The minimum absolute atomic E-state index is 0.296. The molecule has 0 bridgehead atoms. The van der Waals surface area contributed by atoms with Crippen LogP contribution in [-0.4, -0.2) is 17.2 Å². The molecule has 0 radical (unpaired) electrons. The number of aliphatic hydroxyl groups is 1. The van der Waals surface area contributed by atoms with E-state index in [1.807, 2.05) is 6.92 Å². The molecule has 5 nitrogen and oxygen atoms in total. The zero-order chi connectivity index (χ0) is 22.2. The molecule has 1 N–H and O–H groups in total. The highest BCUT2D eigenvalue weighted by atomic mass is 19.1. The number of carbonyl (C=O) groups excluding carboxylic acids is 1. The number of anilines is 2. The van der Waals surface area contributed by atoms with Crippen molar-refractivity contribution in [2.75, 3.05) is 9.80 Å². The molecule has 1 heterocycles. The first-order valence-electron chi connectivity index (χ1n) is 9.75. The molecule has 1 aliphatic rings. The van der Waals surface area contributed by atoms with E-state index < -0.39 is 29.4 Å². The van der Waals surface area contributed by atoms with Crippen molar-refractivity contribution in [2.45, 2.75) is 25.1 Å². The SMILES string of the molecule is [C-]#[N+]c1cccc(C2(O)[C@@H](CC)N(c3ccc(F)cc3)C(=O)N2c2ccc(F)cc2)c1. The molecule has 31 heavy (non-hydrogen) atoms. The number of amides is 2. The molecule has 3 aromatic carbocycles. The van der Waals surface area contributed by atoms with Crippen molar-refractivity contribution in [1.82, 2.24) is 0 Å². The van der Waals surface area contributed by atoms with E-state index in [2.05, 4.69) is 4.85 Å². The summed E-state index contributed by atoms with van der Waals surface area (Å²) in [5, 5.41) is 12.1. The first kappa shape index (κ1) is 20.5. The number of benzene rings is 3. The van der Waals surface area contributed by atoms with Crippen molar-refractivity contribution in [3.63, 3.8) is 0 Å². The lowest BCUT2D eigenvalue weighted by Gasteiger charge is -2.37. The molecule has 0 saturated carbocycles. The third-order valence-corrected chi connectivity index (χ3v) is 5.49. The second-order valence-corrected chi connectivity index (χ2v) is 7.25. The van der Waals surface area contributed by atoms with Gasteiger partial charge in [-0.25, -0.2) is 18.4 Å². The molecule has 156 valence electrons. The molecule has 3 aromatic rings. The molecular formula is C24H19F2N3O2. The summed E-state index contributed by atoms with van der Waals surface area (Å²) in [5.41, 5.74) is -0.464. The van der Waals surface area contributed by atoms with Crippen LogP contribution < -0.4 is 9.80 Å². The summed E-state index contributed by atoms with van der Waals surface area (Å²) in [7, 11) is 0. The highest BCUT2D eigenvalue weighted by molar-refractivity contribution is 6.08. The molecule has 0 aliphatic carbocycles. The summed E-state index contributed by atoms with van der Waals surface area (Å²) in [6.45, 7) is 9.14. The molecule has 1 saturated heterocycles. The van der Waals surface area contributed by atoms with Gasteiger partial charge in [-0.1, -0.05) is 25.1 Å². The molecular weight excluding hydrogens is 400 g/mol. The van der Waals surface area contributed by atoms with E-state index in [0.717, 1.165) is 0 Å². The first-order valence-corrected chi connectivity index (χ1v) is 9.75. The van der Waals surface area contributed by atoms with Gasteiger partial charge in [0.25, 0.3) is 0 Å². The van der Waals surface area contributed by atoms with Crippen molar-refractivity contribution in [3.8, 4) is 0 Å². The lowest BCUT2D eigenvalue weighted by molar-refractivity contribution is 0.0307. The Bertz CT molecular complexity index is 1160. The molecule has 2 amide bonds. The topological polar surface area (TPSA) is 48.1 Å². The third-order valence-electron chi connectivity index (χ3n) is 5.49. The van der Waals surface area contributed by atoms with E-state index in [9.17, 15) is 18.7 Å². The van der Waals surface area contributed by atoms with Gasteiger partial charge in [-0.05, 0) is 66.6 Å². The fraction of sp³-hybridized carbons (Fsp3) is 0.167. The number of nitrogens with zero attached hydrogens (tertiary/aromatic N) is 3. The molecule has 0 spiro atoms. The standard InChI is InChI=1S/C24H19F2N3O2/c1-3-22-24(31,16-5-4-6-19(15-16)27-2)29(21-13-9-18(26)10-14-21)23(30)28(22)20-11-7-17(25)8-12-20/h4-15,22,31H,3H2,1H3/t22-,24?/m1/s1. The molecule has 0 aromatic heterocycles. The monoisotopic (exact) mass is 419 g/mol. The van der Waals surface area contributed by atoms with Crippen LogP contribution in [0.25, 0.3) is 4.85 Å². The van der Waals surface area contributed by atoms with Crippen molar-refractivity contribution in [2.24, 2.45) is 0 Å². The maximum atomic E-state index is 13.6. The number of urea groups is 1. The van der Waals surface area contributed by atoms with Crippen LogP contribution in [0.5, 0.6) is 0 Å². The number of hydrogen-bond donors (Lipinski definition) is 1. The Balaban J connectivity index is 1.95. The van der Waals surface area contributed by atoms with E-state index in [0.29, 0.717) is 29.0 Å². The van der Waals surface area contributed by atoms with Crippen LogP contribution in [0.2, 0.25) is 0 Å². The maximum absolute atomic E-state index is 13.6. The van der Waals surface area contributed by atoms with Crippen LogP contribution in [0.3, 0.4) is 0 Å². The second kappa shape index (κ2) is 7.82. The number of carbonyl (C=O) groups is 1. The zero-order valence-electron chi connectivity index (χ0n) is 16.7. The maximum Gasteiger partial charge on any atom is 0.332 e. The van der Waals surface area contributed by atoms with Gasteiger partial charge in [-0.3, -0.25) is 9.80 Å². The van der Waals surface area contributed by atoms with Gasteiger partial charge in [0.2, 0.25) is 0 Å². The molecule has 7 heteroatoms. The minimum atomic E-state index is -1.85. The fourth-order valence-electron chi connectivity index (χ4n) is 4.10. The van der Waals surface area contributed by atoms with Gasteiger partial charge >= 0.3 is 6.03 Å². The normalized spacial score (nSPS) is 20.7. The Hall–Kier alpha value is -3.76. The van der Waals surface area contributed by atoms with Gasteiger partial charge < -0.3 is 5.11 Å². The predicted molar refractivity (Wildman–Crippen MR) is 114 cm³/mol. The van der Waals surface area contributed by atoms with Gasteiger partial charge in [0.15, 0.2) is 11.4 Å². The van der Waals surface area contributed by atoms with Crippen molar-refractivity contribution < 1.29 is 18.7 Å². The summed E-state index contributed by atoms with van der Waals surface area (Å²) in [4.78, 5) is 19.7. The Kier molecular flexibility index (Phi) is 5.17. The molecule has 4 rings (SSSR count). The molecule has 2 atom stereocenters. The minimum Gasteiger partial charge on any atom is -0.365 e. The summed E-state index contributed by atoms with van der Waals surface area (Å²) in [6, 6.07) is 15.8. The van der Waals surface area contributed by atoms with E-state index in [-0.39, 0.29) is 0 Å². The van der Waals surface area contributed by atoms with Crippen LogP contribution in [0.1, 0.15) is 18.9 Å². The Morgan fingerprint density at radius 1 is 1.00 bits per heavy atom. The molecule has 1 fully saturated rings. The van der Waals surface area contributed by atoms with Crippen LogP contribution in [0, 0.1) is 18.2 Å². The smallest absolute Gasteiger partial charge is 0.332 e. The largest absolute Gasteiger partial charge is 0.365 e. The van der Waals surface area contributed by atoms with E-state index in [1.165, 1.54) is 64.4 Å². The molecule has 1 unspecified atom stereocenters. The first-order chi connectivity index (χ1) is 14.9. The van der Waals surface area contributed by atoms with Gasteiger partial charge in [-0.15, -0.1) is 0 Å². The Morgan fingerprint density at radius 2 is 1.58 bits per heavy atom. The van der Waals surface area contributed by atoms with E-state index >= 15 is 0 Å². The van der Waals surface area contributed by atoms with Gasteiger partial charge in [-0.2, -0.15) is 0 Å². The predicted octanol–water partition coefficient (Wildman–Crippen LogP) is 5.59. The van der Waals surface area contributed by atoms with Crippen LogP contribution in [0.15, 0.2) is 72.8 Å². The van der Waals surface area contributed by atoms with Crippen LogP contribution >= 0.6 is 0 Å². The fourth-order valence-corrected chi connectivity index (χ4v) is 4.10. The highest BCUT2D eigenvalue weighted by Crippen LogP contribution is 2.46. The summed E-state index contributed by atoms with van der Waals surface area (Å²) in [5.74, 6) is -0.921. The third kappa shape index (κ3) is 3.31. The molecule has 1 aliphatic heterocycles. The van der Waals surface area contributed by atoms with Crippen LogP contribution in [0.4, 0.5) is 30.6 Å². The highest BCUT2D eigenvalue weighted by Gasteiger charge is 2.57. The average Bonchev–Trinajstić information content (AvgIpc) is 3.02. The van der Waals surface area contributed by atoms with E-state index in [1.54, 1.807) is 18.2 Å². The quantitative estimate of drug-likeness (QED) is 0.561. The van der Waals surface area contributed by atoms with Crippen molar-refractivity contribution in [1.29, 1.82) is 0 Å². The average molecular weight is 419 g/mol. The number of hydrogen-bond acceptors (Lipinski definition) is 2. The van der Waals surface area contributed by atoms with Gasteiger partial charge in [0, 0.05) is 11.4 Å². The van der Waals surface area contributed by atoms with Crippen molar-refractivity contribution >= 4 is 23.1 Å². The summed E-state index contributed by atoms with van der Waals surface area (Å²) >= 11 is 0. The zero-order valence-corrected chi connectivity index (χ0v) is 16.7. The van der Waals surface area contributed by atoms with Gasteiger partial charge in [0.05, 0.1) is 12.6 Å². The van der Waals surface area contributed by atoms with E-state index in [4.69, 9.17) is 6.57 Å². The van der Waals surface area contributed by atoms with Crippen LogP contribution in [-0.2, 0) is 5.72 Å². The number of halogens is 2. The summed E-state index contributed by atoms with van der Waals surface area (Å²) < 4.78 is 27.1.